The summed E-state index contributed by atoms with van der Waals surface area (Å²) in [6.45, 7) is 6.14. The van der Waals surface area contributed by atoms with E-state index in [1.165, 1.54) is 10.8 Å². The quantitative estimate of drug-likeness (QED) is 0.494. The average molecular weight is 390 g/mol. The maximum absolute atomic E-state index is 12.7. The first-order valence-electron chi connectivity index (χ1n) is 9.53. The highest BCUT2D eigenvalue weighted by Crippen LogP contribution is 2.27. The second kappa shape index (κ2) is 7.60. The molecule has 0 fully saturated rings. The molecule has 0 spiro atoms. The van der Waals surface area contributed by atoms with Crippen LogP contribution in [0.4, 0.5) is 5.69 Å². The van der Waals surface area contributed by atoms with Gasteiger partial charge in [0.05, 0.1) is 10.2 Å². The molecule has 142 valence electrons. The molecule has 0 saturated carbocycles. The fourth-order valence-electron chi connectivity index (χ4n) is 3.52. The lowest BCUT2D eigenvalue weighted by atomic mass is 10.1. The van der Waals surface area contributed by atoms with Crippen LogP contribution in [-0.4, -0.2) is 23.6 Å². The summed E-state index contributed by atoms with van der Waals surface area (Å²) in [5, 5.41) is 2.39. The number of nitrogens with zero attached hydrogens (tertiary/aromatic N) is 3. The van der Waals surface area contributed by atoms with Gasteiger partial charge in [-0.3, -0.25) is 4.79 Å². The Hall–Kier alpha value is -2.92. The van der Waals surface area contributed by atoms with Gasteiger partial charge in [0.25, 0.3) is 5.91 Å². The van der Waals surface area contributed by atoms with Gasteiger partial charge in [-0.15, -0.1) is 0 Å². The number of thiazole rings is 1. The molecule has 0 bridgehead atoms. The van der Waals surface area contributed by atoms with Crippen LogP contribution >= 0.6 is 11.3 Å². The standard InChI is InChI=1S/C23H23N3OS/c1-4-26(5-2)18-13-10-17(11-14-18)22(27)24-23-25(3)20-15-12-16-8-6-7-9-19(16)21(20)28-23/h6-15H,4-5H2,1-3H3. The van der Waals surface area contributed by atoms with Gasteiger partial charge in [0.15, 0.2) is 4.80 Å². The van der Waals surface area contributed by atoms with Gasteiger partial charge in [-0.1, -0.05) is 41.7 Å². The van der Waals surface area contributed by atoms with Crippen LogP contribution in [0.25, 0.3) is 21.0 Å². The number of benzene rings is 3. The molecule has 0 atom stereocenters. The van der Waals surface area contributed by atoms with E-state index in [-0.39, 0.29) is 5.91 Å². The second-order valence-electron chi connectivity index (χ2n) is 6.71. The molecule has 28 heavy (non-hydrogen) atoms. The predicted molar refractivity (Wildman–Crippen MR) is 118 cm³/mol. The van der Waals surface area contributed by atoms with Crippen LogP contribution in [0.2, 0.25) is 0 Å². The van der Waals surface area contributed by atoms with Crippen molar-refractivity contribution in [1.82, 2.24) is 4.57 Å². The Balaban J connectivity index is 1.74. The van der Waals surface area contributed by atoms with Crippen molar-refractivity contribution >= 4 is 43.9 Å². The lowest BCUT2D eigenvalue weighted by molar-refractivity contribution is 0.0998. The van der Waals surface area contributed by atoms with Crippen molar-refractivity contribution in [3.05, 3.63) is 71.0 Å². The number of hydrogen-bond donors (Lipinski definition) is 0. The van der Waals surface area contributed by atoms with Crippen molar-refractivity contribution in [3.8, 4) is 0 Å². The highest BCUT2D eigenvalue weighted by Gasteiger charge is 2.10. The average Bonchev–Trinajstić information content (AvgIpc) is 3.05. The Morgan fingerprint density at radius 1 is 1.00 bits per heavy atom. The third-order valence-corrected chi connectivity index (χ3v) is 6.32. The maximum atomic E-state index is 12.7. The van der Waals surface area contributed by atoms with Gasteiger partial charge in [-0.2, -0.15) is 4.99 Å². The highest BCUT2D eigenvalue weighted by atomic mass is 32.1. The Bertz CT molecular complexity index is 1210. The largest absolute Gasteiger partial charge is 0.372 e. The lowest BCUT2D eigenvalue weighted by Gasteiger charge is -2.20. The Morgan fingerprint density at radius 3 is 2.43 bits per heavy atom. The summed E-state index contributed by atoms with van der Waals surface area (Å²) in [5.74, 6) is -0.211. The third-order valence-electron chi connectivity index (χ3n) is 5.14. The molecule has 1 heterocycles. The van der Waals surface area contributed by atoms with E-state index in [4.69, 9.17) is 0 Å². The molecule has 0 unspecified atom stereocenters. The van der Waals surface area contributed by atoms with Crippen molar-refractivity contribution in [2.45, 2.75) is 13.8 Å². The van der Waals surface area contributed by atoms with Crippen LogP contribution in [0.1, 0.15) is 24.2 Å². The van der Waals surface area contributed by atoms with Crippen LogP contribution in [-0.2, 0) is 7.05 Å². The lowest BCUT2D eigenvalue weighted by Crippen LogP contribution is -2.21. The molecule has 1 aromatic heterocycles. The summed E-state index contributed by atoms with van der Waals surface area (Å²) in [7, 11) is 1.96. The first-order chi connectivity index (χ1) is 13.6. The molecule has 0 aliphatic heterocycles. The normalized spacial score (nSPS) is 12.0. The monoisotopic (exact) mass is 389 g/mol. The van der Waals surface area contributed by atoms with Gasteiger partial charge >= 0.3 is 0 Å². The molecule has 4 aromatic rings. The Kier molecular flexibility index (Phi) is 5.01. The smallest absolute Gasteiger partial charge is 0.279 e. The molecule has 0 aliphatic carbocycles. The van der Waals surface area contributed by atoms with Gasteiger partial charge in [0.1, 0.15) is 0 Å². The molecule has 3 aromatic carbocycles. The summed E-state index contributed by atoms with van der Waals surface area (Å²) in [5.41, 5.74) is 2.82. The zero-order valence-electron chi connectivity index (χ0n) is 16.3. The zero-order chi connectivity index (χ0) is 19.7. The minimum Gasteiger partial charge on any atom is -0.372 e. The number of aryl methyl sites for hydroxylation is 1. The molecule has 0 radical (unpaired) electrons. The number of aromatic nitrogens is 1. The topological polar surface area (TPSA) is 37.6 Å². The number of anilines is 1. The number of rotatable bonds is 4. The van der Waals surface area contributed by atoms with E-state index >= 15 is 0 Å². The number of carbonyl (C=O) groups is 1. The number of amides is 1. The van der Waals surface area contributed by atoms with Gasteiger partial charge in [0.2, 0.25) is 0 Å². The molecule has 1 amide bonds. The molecule has 4 nitrogen and oxygen atoms in total. The van der Waals surface area contributed by atoms with Gasteiger partial charge in [0, 0.05) is 36.8 Å². The maximum Gasteiger partial charge on any atom is 0.279 e. The van der Waals surface area contributed by atoms with Gasteiger partial charge in [-0.25, -0.2) is 0 Å². The molecule has 0 saturated heterocycles. The highest BCUT2D eigenvalue weighted by molar-refractivity contribution is 7.17. The fraction of sp³-hybridized carbons (Fsp3) is 0.217. The van der Waals surface area contributed by atoms with Crippen molar-refractivity contribution in [2.24, 2.45) is 12.0 Å². The molecule has 0 aliphatic rings. The Morgan fingerprint density at radius 2 is 1.71 bits per heavy atom. The van der Waals surface area contributed by atoms with Crippen molar-refractivity contribution in [2.75, 3.05) is 18.0 Å². The number of hydrogen-bond acceptors (Lipinski definition) is 3. The first-order valence-corrected chi connectivity index (χ1v) is 10.4. The van der Waals surface area contributed by atoms with Crippen molar-refractivity contribution < 1.29 is 4.79 Å². The second-order valence-corrected chi connectivity index (χ2v) is 7.69. The van der Waals surface area contributed by atoms with Crippen LogP contribution < -0.4 is 9.70 Å². The van der Waals surface area contributed by atoms with E-state index < -0.39 is 0 Å². The fourth-order valence-corrected chi connectivity index (χ4v) is 4.67. The number of fused-ring (bicyclic) bond motifs is 3. The predicted octanol–water partition coefficient (Wildman–Crippen LogP) is 4.98. The summed E-state index contributed by atoms with van der Waals surface area (Å²) in [6.07, 6.45) is 0. The van der Waals surface area contributed by atoms with Crippen LogP contribution in [0, 0.1) is 0 Å². The number of carbonyl (C=O) groups excluding carboxylic acids is 1. The van der Waals surface area contributed by atoms with E-state index in [1.54, 1.807) is 11.3 Å². The summed E-state index contributed by atoms with van der Waals surface area (Å²) in [6, 6.07) is 20.2. The summed E-state index contributed by atoms with van der Waals surface area (Å²) >= 11 is 1.56. The summed E-state index contributed by atoms with van der Waals surface area (Å²) < 4.78 is 3.15. The summed E-state index contributed by atoms with van der Waals surface area (Å²) in [4.78, 5) is 20.1. The molecular weight excluding hydrogens is 366 g/mol. The SMILES string of the molecule is CCN(CC)c1ccc(C(=O)N=c2sc3c4ccccc4ccc3n2C)cc1. The van der Waals surface area contributed by atoms with Crippen LogP contribution in [0.15, 0.2) is 65.7 Å². The molecule has 0 N–H and O–H groups in total. The zero-order valence-corrected chi connectivity index (χ0v) is 17.2. The minimum absolute atomic E-state index is 0.211. The van der Waals surface area contributed by atoms with Gasteiger partial charge < -0.3 is 9.47 Å². The molecule has 5 heteroatoms. The van der Waals surface area contributed by atoms with E-state index in [9.17, 15) is 4.79 Å². The van der Waals surface area contributed by atoms with Gasteiger partial charge in [-0.05, 0) is 49.6 Å². The minimum atomic E-state index is -0.211. The van der Waals surface area contributed by atoms with Crippen LogP contribution in [0.3, 0.4) is 0 Å². The van der Waals surface area contributed by atoms with Crippen LogP contribution in [0.5, 0.6) is 0 Å². The van der Waals surface area contributed by atoms with Crippen molar-refractivity contribution in [1.29, 1.82) is 0 Å². The van der Waals surface area contributed by atoms with E-state index in [1.807, 2.05) is 48.0 Å². The van der Waals surface area contributed by atoms with E-state index in [0.29, 0.717) is 10.4 Å². The molecule has 4 rings (SSSR count). The first kappa shape index (κ1) is 18.4. The van der Waals surface area contributed by atoms with Crippen molar-refractivity contribution in [3.63, 3.8) is 0 Å². The Labute approximate surface area is 168 Å². The van der Waals surface area contributed by atoms with E-state index in [0.717, 1.165) is 29.0 Å². The third kappa shape index (κ3) is 3.22. The van der Waals surface area contributed by atoms with E-state index in [2.05, 4.69) is 48.0 Å². The molecular formula is C23H23N3OS.